The Hall–Kier alpha value is -0.300. The first kappa shape index (κ1) is 16.1. The number of fused-ring (bicyclic) bond motifs is 1. The molecule has 1 saturated heterocycles. The molecule has 3 unspecified atom stereocenters. The van der Waals surface area contributed by atoms with E-state index >= 15 is 0 Å². The van der Waals surface area contributed by atoms with Crippen LogP contribution in [-0.2, 0) is 9.53 Å². The Labute approximate surface area is 125 Å². The van der Waals surface area contributed by atoms with Gasteiger partial charge < -0.3 is 20.9 Å². The third-order valence-electron chi connectivity index (χ3n) is 4.81. The monoisotopic (exact) mass is 302 g/mol. The number of thioether (sulfide) groups is 1. The molecule has 1 aliphatic heterocycles. The number of carbonyl (C=O) groups excluding carboxylic acids is 1. The van der Waals surface area contributed by atoms with Crippen LogP contribution in [0.2, 0.25) is 0 Å². The quantitative estimate of drug-likeness (QED) is 0.591. The van der Waals surface area contributed by atoms with Crippen molar-refractivity contribution in [2.75, 3.05) is 31.3 Å². The molecule has 0 aromatic heterocycles. The van der Waals surface area contributed by atoms with Crippen molar-refractivity contribution in [2.24, 2.45) is 17.1 Å². The smallest absolute Gasteiger partial charge is 0.241 e. The third kappa shape index (κ3) is 2.47. The molecule has 1 amide bonds. The number of hydrogen-bond donors (Lipinski definition) is 3. The summed E-state index contributed by atoms with van der Waals surface area (Å²) in [4.78, 5) is 12.5. The van der Waals surface area contributed by atoms with E-state index in [9.17, 15) is 4.79 Å². The fraction of sp³-hybridized carbons (Fsp3) is 0.929. The minimum Gasteiger partial charge on any atom is -0.396 e. The van der Waals surface area contributed by atoms with Gasteiger partial charge in [0.1, 0.15) is 5.54 Å². The van der Waals surface area contributed by atoms with Crippen molar-refractivity contribution in [1.29, 1.82) is 0 Å². The van der Waals surface area contributed by atoms with Crippen molar-refractivity contribution in [1.82, 2.24) is 5.32 Å². The molecule has 3 atom stereocenters. The first-order chi connectivity index (χ1) is 9.46. The zero-order valence-electron chi connectivity index (χ0n) is 12.4. The lowest BCUT2D eigenvalue weighted by Crippen LogP contribution is -2.80. The molecule has 1 heterocycles. The fourth-order valence-corrected chi connectivity index (χ4v) is 4.28. The predicted octanol–water partition coefficient (Wildman–Crippen LogP) is 0.361. The lowest BCUT2D eigenvalue weighted by atomic mass is 9.48. The van der Waals surface area contributed by atoms with Crippen LogP contribution in [-0.4, -0.2) is 53.9 Å². The molecule has 2 aliphatic rings. The Morgan fingerprint density at radius 1 is 1.50 bits per heavy atom. The van der Waals surface area contributed by atoms with Gasteiger partial charge in [-0.1, -0.05) is 13.8 Å². The molecule has 0 aromatic rings. The van der Waals surface area contributed by atoms with E-state index in [0.717, 1.165) is 24.3 Å². The molecule has 2 fully saturated rings. The summed E-state index contributed by atoms with van der Waals surface area (Å²) in [6.45, 7) is 5.61. The Morgan fingerprint density at radius 3 is 2.95 bits per heavy atom. The van der Waals surface area contributed by atoms with Crippen molar-refractivity contribution in [3.05, 3.63) is 0 Å². The van der Waals surface area contributed by atoms with Crippen LogP contribution in [0.3, 0.4) is 0 Å². The predicted molar refractivity (Wildman–Crippen MR) is 80.6 cm³/mol. The number of aliphatic hydroxyl groups is 1. The highest BCUT2D eigenvalue weighted by Gasteiger charge is 2.71. The van der Waals surface area contributed by atoms with Gasteiger partial charge in [0.15, 0.2) is 0 Å². The van der Waals surface area contributed by atoms with E-state index in [1.54, 1.807) is 11.8 Å². The molecule has 4 N–H and O–H groups in total. The maximum Gasteiger partial charge on any atom is 0.241 e. The molecule has 2 rings (SSSR count). The van der Waals surface area contributed by atoms with Gasteiger partial charge in [0.05, 0.1) is 6.10 Å². The van der Waals surface area contributed by atoms with Gasteiger partial charge >= 0.3 is 0 Å². The van der Waals surface area contributed by atoms with E-state index in [1.165, 1.54) is 0 Å². The largest absolute Gasteiger partial charge is 0.396 e. The maximum atomic E-state index is 12.5. The van der Waals surface area contributed by atoms with E-state index in [-0.39, 0.29) is 30.0 Å². The highest BCUT2D eigenvalue weighted by molar-refractivity contribution is 7.99. The van der Waals surface area contributed by atoms with Crippen molar-refractivity contribution in [2.45, 2.75) is 38.3 Å². The fourth-order valence-electron chi connectivity index (χ4n) is 3.50. The first-order valence-electron chi connectivity index (χ1n) is 7.33. The number of aliphatic hydroxyl groups excluding tert-OH is 1. The highest BCUT2D eigenvalue weighted by Crippen LogP contribution is 2.58. The second kappa shape index (κ2) is 6.22. The van der Waals surface area contributed by atoms with E-state index in [2.05, 4.69) is 5.32 Å². The van der Waals surface area contributed by atoms with Crippen LogP contribution in [0.5, 0.6) is 0 Å². The first-order valence-corrected chi connectivity index (χ1v) is 8.49. The minimum atomic E-state index is -0.802. The van der Waals surface area contributed by atoms with Crippen molar-refractivity contribution in [3.8, 4) is 0 Å². The zero-order chi connectivity index (χ0) is 14.8. The van der Waals surface area contributed by atoms with Gasteiger partial charge in [-0.2, -0.15) is 11.8 Å². The van der Waals surface area contributed by atoms with Gasteiger partial charge in [-0.3, -0.25) is 4.79 Å². The molecule has 0 bridgehead atoms. The molecule has 20 heavy (non-hydrogen) atoms. The van der Waals surface area contributed by atoms with Crippen LogP contribution in [0, 0.1) is 11.3 Å². The summed E-state index contributed by atoms with van der Waals surface area (Å²) in [5.74, 6) is 1.88. The summed E-state index contributed by atoms with van der Waals surface area (Å²) in [5.41, 5.74) is 5.33. The molecule has 0 radical (unpaired) electrons. The molecule has 0 aromatic carbocycles. The van der Waals surface area contributed by atoms with Crippen LogP contribution < -0.4 is 11.1 Å². The average Bonchev–Trinajstić information content (AvgIpc) is 2.89. The van der Waals surface area contributed by atoms with Crippen LogP contribution in [0.1, 0.15) is 26.7 Å². The summed E-state index contributed by atoms with van der Waals surface area (Å²) in [6.07, 6.45) is 1.80. The SMILES string of the molecule is CC1(C)C2OCCC2C1(N)C(=O)NCCSCCCO. The zero-order valence-corrected chi connectivity index (χ0v) is 13.2. The normalized spacial score (nSPS) is 34.4. The molecule has 116 valence electrons. The van der Waals surface area contributed by atoms with Gasteiger partial charge in [0.2, 0.25) is 5.91 Å². The van der Waals surface area contributed by atoms with E-state index < -0.39 is 5.54 Å². The Kier molecular flexibility index (Phi) is 5.00. The molecule has 5 nitrogen and oxygen atoms in total. The number of carbonyl (C=O) groups is 1. The summed E-state index contributed by atoms with van der Waals surface area (Å²) >= 11 is 1.74. The number of nitrogens with one attached hydrogen (secondary N) is 1. The summed E-state index contributed by atoms with van der Waals surface area (Å²) in [5, 5.41) is 11.7. The van der Waals surface area contributed by atoms with Gasteiger partial charge in [0, 0.05) is 36.8 Å². The van der Waals surface area contributed by atoms with Gasteiger partial charge in [-0.15, -0.1) is 0 Å². The second-order valence-corrected chi connectivity index (χ2v) is 7.45. The third-order valence-corrected chi connectivity index (χ3v) is 5.88. The molecule has 1 aliphatic carbocycles. The van der Waals surface area contributed by atoms with E-state index in [0.29, 0.717) is 13.2 Å². The highest BCUT2D eigenvalue weighted by atomic mass is 32.2. The Morgan fingerprint density at radius 2 is 2.25 bits per heavy atom. The maximum absolute atomic E-state index is 12.5. The Bertz CT molecular complexity index is 364. The van der Waals surface area contributed by atoms with E-state index in [1.807, 2.05) is 13.8 Å². The number of rotatable bonds is 7. The van der Waals surface area contributed by atoms with Crippen LogP contribution in [0.25, 0.3) is 0 Å². The molecular formula is C14H26N2O3S. The van der Waals surface area contributed by atoms with Gasteiger partial charge in [-0.05, 0) is 18.6 Å². The molecule has 6 heteroatoms. The topological polar surface area (TPSA) is 84.6 Å². The number of amides is 1. The molecular weight excluding hydrogens is 276 g/mol. The standard InChI is InChI=1S/C14H26N2O3S/c1-13(2)11-10(4-7-19-11)14(13,15)12(18)16-5-9-20-8-3-6-17/h10-11,17H,3-9,15H2,1-2H3,(H,16,18). The number of ether oxygens (including phenoxy) is 1. The lowest BCUT2D eigenvalue weighted by Gasteiger charge is -2.60. The van der Waals surface area contributed by atoms with Crippen LogP contribution >= 0.6 is 11.8 Å². The second-order valence-electron chi connectivity index (χ2n) is 6.22. The molecule has 0 spiro atoms. The van der Waals surface area contributed by atoms with E-state index in [4.69, 9.17) is 15.6 Å². The summed E-state index contributed by atoms with van der Waals surface area (Å²) in [6, 6.07) is 0. The minimum absolute atomic E-state index is 0.0444. The van der Waals surface area contributed by atoms with Crippen molar-refractivity contribution >= 4 is 17.7 Å². The number of nitrogens with two attached hydrogens (primary N) is 1. The number of hydrogen-bond acceptors (Lipinski definition) is 5. The van der Waals surface area contributed by atoms with Crippen LogP contribution in [0.4, 0.5) is 0 Å². The van der Waals surface area contributed by atoms with Crippen molar-refractivity contribution in [3.63, 3.8) is 0 Å². The molecule has 1 saturated carbocycles. The van der Waals surface area contributed by atoms with Crippen molar-refractivity contribution < 1.29 is 14.6 Å². The summed E-state index contributed by atoms with van der Waals surface area (Å²) < 4.78 is 5.69. The van der Waals surface area contributed by atoms with Crippen LogP contribution in [0.15, 0.2) is 0 Å². The Balaban J connectivity index is 1.80. The van der Waals surface area contributed by atoms with Gasteiger partial charge in [-0.25, -0.2) is 0 Å². The average molecular weight is 302 g/mol. The lowest BCUT2D eigenvalue weighted by molar-refractivity contribution is -0.175. The summed E-state index contributed by atoms with van der Waals surface area (Å²) in [7, 11) is 0. The van der Waals surface area contributed by atoms with Gasteiger partial charge in [0.25, 0.3) is 0 Å².